The Morgan fingerprint density at radius 3 is 2.58 bits per heavy atom. The molecule has 2 aromatic carbocycles. The van der Waals surface area contributed by atoms with E-state index in [-0.39, 0.29) is 5.91 Å². The Bertz CT molecular complexity index is 901. The number of hydrogen-bond acceptors (Lipinski definition) is 4. The number of nitrogens with zero attached hydrogens (tertiary/aromatic N) is 1. The molecular weight excluding hydrogens is 362 g/mol. The summed E-state index contributed by atoms with van der Waals surface area (Å²) in [6.45, 7) is 8.12. The number of benzene rings is 2. The van der Waals surface area contributed by atoms with Gasteiger partial charge in [-0.25, -0.2) is 0 Å². The van der Waals surface area contributed by atoms with Crippen LogP contribution in [0.1, 0.15) is 16.7 Å². The summed E-state index contributed by atoms with van der Waals surface area (Å²) in [6.07, 6.45) is 3.56. The second kappa shape index (κ2) is 7.89. The maximum atomic E-state index is 12.9. The maximum absolute atomic E-state index is 12.9. The lowest BCUT2D eigenvalue weighted by Crippen LogP contribution is -2.28. The van der Waals surface area contributed by atoms with E-state index in [1.807, 2.05) is 56.3 Å². The zero-order valence-corrected chi connectivity index (χ0v) is 16.3. The second-order valence-electron chi connectivity index (χ2n) is 5.98. The van der Waals surface area contributed by atoms with Crippen LogP contribution in [-0.2, 0) is 4.79 Å². The van der Waals surface area contributed by atoms with Gasteiger partial charge in [0.2, 0.25) is 0 Å². The number of amides is 1. The molecule has 3 nitrogen and oxygen atoms in total. The summed E-state index contributed by atoms with van der Waals surface area (Å²) >= 11 is 6.78. The number of aryl methyl sites for hydroxylation is 2. The smallest absolute Gasteiger partial charge is 0.270 e. The highest BCUT2D eigenvalue weighted by molar-refractivity contribution is 8.27. The number of hydrogen-bond donors (Lipinski definition) is 0. The van der Waals surface area contributed by atoms with E-state index in [2.05, 4.69) is 12.6 Å². The van der Waals surface area contributed by atoms with Gasteiger partial charge in [-0.15, -0.1) is 0 Å². The van der Waals surface area contributed by atoms with Crippen molar-refractivity contribution in [3.05, 3.63) is 76.7 Å². The van der Waals surface area contributed by atoms with Gasteiger partial charge in [0.05, 0.1) is 10.6 Å². The number of anilines is 1. The Morgan fingerprint density at radius 2 is 1.92 bits per heavy atom. The first-order valence-electron chi connectivity index (χ1n) is 8.18. The van der Waals surface area contributed by atoms with Crippen LogP contribution in [0, 0.1) is 13.8 Å². The van der Waals surface area contributed by atoms with Crippen LogP contribution in [0.25, 0.3) is 6.08 Å². The van der Waals surface area contributed by atoms with E-state index in [1.165, 1.54) is 11.8 Å². The standard InChI is InChI=1S/C21H19NO2S2/c1-4-11-24-17-8-6-16(7-9-17)13-19-20(23)22(21(25)26-19)18-10-5-14(2)12-15(18)3/h4-10,12-13H,1,11H2,2-3H3/b19-13-. The molecule has 3 rings (SSSR count). The van der Waals surface area contributed by atoms with Gasteiger partial charge in [-0.3, -0.25) is 9.69 Å². The van der Waals surface area contributed by atoms with Crippen molar-refractivity contribution in [1.82, 2.24) is 0 Å². The topological polar surface area (TPSA) is 29.5 Å². The Labute approximate surface area is 163 Å². The van der Waals surface area contributed by atoms with Gasteiger partial charge < -0.3 is 4.74 Å². The summed E-state index contributed by atoms with van der Waals surface area (Å²) in [5.41, 5.74) is 3.96. The number of thioether (sulfide) groups is 1. The van der Waals surface area contributed by atoms with Gasteiger partial charge in [-0.2, -0.15) is 0 Å². The van der Waals surface area contributed by atoms with Gasteiger partial charge in [-0.1, -0.05) is 66.5 Å². The van der Waals surface area contributed by atoms with Crippen LogP contribution in [0.4, 0.5) is 5.69 Å². The highest BCUT2D eigenvalue weighted by atomic mass is 32.2. The molecule has 0 aromatic heterocycles. The van der Waals surface area contributed by atoms with E-state index in [0.717, 1.165) is 28.1 Å². The molecule has 2 aromatic rings. The molecule has 0 aliphatic carbocycles. The van der Waals surface area contributed by atoms with Crippen LogP contribution in [0.3, 0.4) is 0 Å². The van der Waals surface area contributed by atoms with E-state index >= 15 is 0 Å². The third kappa shape index (κ3) is 3.89. The molecule has 26 heavy (non-hydrogen) atoms. The molecule has 0 bridgehead atoms. The highest BCUT2D eigenvalue weighted by Gasteiger charge is 2.33. The SMILES string of the molecule is C=CCOc1ccc(/C=C2\SC(=S)N(c3ccc(C)cc3C)C2=O)cc1. The Hall–Kier alpha value is -2.37. The van der Waals surface area contributed by atoms with E-state index in [1.54, 1.807) is 11.0 Å². The molecule has 1 heterocycles. The van der Waals surface area contributed by atoms with Crippen molar-refractivity contribution in [1.29, 1.82) is 0 Å². The van der Waals surface area contributed by atoms with Crippen LogP contribution in [-0.4, -0.2) is 16.8 Å². The summed E-state index contributed by atoms with van der Waals surface area (Å²) < 4.78 is 6.03. The first-order chi connectivity index (χ1) is 12.5. The van der Waals surface area contributed by atoms with Crippen molar-refractivity contribution in [2.24, 2.45) is 0 Å². The van der Waals surface area contributed by atoms with E-state index < -0.39 is 0 Å². The molecule has 5 heteroatoms. The quantitative estimate of drug-likeness (QED) is 0.401. The normalized spacial score (nSPS) is 15.6. The third-order valence-corrected chi connectivity index (χ3v) is 5.23. The second-order valence-corrected chi connectivity index (χ2v) is 7.65. The summed E-state index contributed by atoms with van der Waals surface area (Å²) in [6, 6.07) is 13.6. The number of ether oxygens (including phenoxy) is 1. The predicted octanol–water partition coefficient (Wildman–Crippen LogP) is 5.27. The van der Waals surface area contributed by atoms with Crippen molar-refractivity contribution in [2.45, 2.75) is 13.8 Å². The molecule has 1 aliphatic rings. The fourth-order valence-corrected chi connectivity index (χ4v) is 3.98. The lowest BCUT2D eigenvalue weighted by molar-refractivity contribution is -0.113. The predicted molar refractivity (Wildman–Crippen MR) is 114 cm³/mol. The van der Waals surface area contributed by atoms with Gasteiger partial charge in [-0.05, 0) is 49.2 Å². The molecule has 0 unspecified atom stereocenters. The van der Waals surface area contributed by atoms with Gasteiger partial charge >= 0.3 is 0 Å². The fourth-order valence-electron chi connectivity index (χ4n) is 2.70. The average Bonchev–Trinajstić information content (AvgIpc) is 2.88. The van der Waals surface area contributed by atoms with E-state index in [0.29, 0.717) is 15.8 Å². The van der Waals surface area contributed by atoms with Gasteiger partial charge in [0.15, 0.2) is 4.32 Å². The molecule has 1 fully saturated rings. The lowest BCUT2D eigenvalue weighted by Gasteiger charge is -2.17. The van der Waals surface area contributed by atoms with Crippen molar-refractivity contribution in [3.63, 3.8) is 0 Å². The molecule has 0 N–H and O–H groups in total. The number of carbonyl (C=O) groups is 1. The number of rotatable bonds is 5. The molecule has 1 aliphatic heterocycles. The van der Waals surface area contributed by atoms with Crippen LogP contribution >= 0.6 is 24.0 Å². The van der Waals surface area contributed by atoms with Crippen molar-refractivity contribution in [3.8, 4) is 5.75 Å². The third-order valence-electron chi connectivity index (χ3n) is 3.93. The number of thiocarbonyl (C=S) groups is 1. The first-order valence-corrected chi connectivity index (χ1v) is 9.41. The van der Waals surface area contributed by atoms with Crippen LogP contribution in [0.15, 0.2) is 60.0 Å². The Morgan fingerprint density at radius 1 is 1.19 bits per heavy atom. The zero-order valence-electron chi connectivity index (χ0n) is 14.7. The van der Waals surface area contributed by atoms with Gasteiger partial charge in [0, 0.05) is 0 Å². The first kappa shape index (κ1) is 18.4. The highest BCUT2D eigenvalue weighted by Crippen LogP contribution is 2.37. The summed E-state index contributed by atoms with van der Waals surface area (Å²) in [7, 11) is 0. The minimum atomic E-state index is -0.0843. The van der Waals surface area contributed by atoms with Crippen LogP contribution in [0.5, 0.6) is 5.75 Å². The molecule has 0 atom stereocenters. The van der Waals surface area contributed by atoms with Crippen molar-refractivity contribution < 1.29 is 9.53 Å². The molecular formula is C21H19NO2S2. The maximum Gasteiger partial charge on any atom is 0.270 e. The minimum absolute atomic E-state index is 0.0843. The van der Waals surface area contributed by atoms with E-state index in [9.17, 15) is 4.79 Å². The number of carbonyl (C=O) groups excluding carboxylic acids is 1. The van der Waals surface area contributed by atoms with Crippen molar-refractivity contribution in [2.75, 3.05) is 11.5 Å². The molecule has 0 spiro atoms. The minimum Gasteiger partial charge on any atom is -0.490 e. The largest absolute Gasteiger partial charge is 0.490 e. The summed E-state index contributed by atoms with van der Waals surface area (Å²) in [4.78, 5) is 15.1. The molecule has 0 radical (unpaired) electrons. The molecule has 132 valence electrons. The van der Waals surface area contributed by atoms with E-state index in [4.69, 9.17) is 17.0 Å². The van der Waals surface area contributed by atoms with Crippen LogP contribution in [0.2, 0.25) is 0 Å². The van der Waals surface area contributed by atoms with Crippen LogP contribution < -0.4 is 9.64 Å². The zero-order chi connectivity index (χ0) is 18.7. The van der Waals surface area contributed by atoms with Gasteiger partial charge in [0.25, 0.3) is 5.91 Å². The fraction of sp³-hybridized carbons (Fsp3) is 0.143. The summed E-state index contributed by atoms with van der Waals surface area (Å²) in [5, 5.41) is 0. The van der Waals surface area contributed by atoms with Crippen molar-refractivity contribution >= 4 is 46.0 Å². The Kier molecular flexibility index (Phi) is 5.59. The monoisotopic (exact) mass is 381 g/mol. The molecule has 0 saturated carbocycles. The van der Waals surface area contributed by atoms with Gasteiger partial charge in [0.1, 0.15) is 12.4 Å². The lowest BCUT2D eigenvalue weighted by atomic mass is 10.1. The average molecular weight is 382 g/mol. The molecule has 1 saturated heterocycles. The molecule has 1 amide bonds. The Balaban J connectivity index is 1.84. The summed E-state index contributed by atoms with van der Waals surface area (Å²) in [5.74, 6) is 0.684.